The van der Waals surface area contributed by atoms with Crippen LogP contribution in [0.2, 0.25) is 0 Å². The fourth-order valence-corrected chi connectivity index (χ4v) is 2.33. The van der Waals surface area contributed by atoms with Gasteiger partial charge in [-0.25, -0.2) is 9.97 Å². The van der Waals surface area contributed by atoms with Crippen molar-refractivity contribution in [1.82, 2.24) is 9.97 Å². The molecule has 2 rings (SSSR count). The number of aromatic nitrogens is 2. The Kier molecular flexibility index (Phi) is 3.58. The highest BCUT2D eigenvalue weighted by Crippen LogP contribution is 2.35. The minimum atomic E-state index is -0.00823. The van der Waals surface area contributed by atoms with Gasteiger partial charge in [0.1, 0.15) is 17.1 Å². The van der Waals surface area contributed by atoms with Gasteiger partial charge in [-0.3, -0.25) is 0 Å². The highest BCUT2D eigenvalue weighted by Gasteiger charge is 2.20. The molecule has 16 heavy (non-hydrogen) atoms. The van der Waals surface area contributed by atoms with Crippen LogP contribution in [0.15, 0.2) is 46.4 Å². The van der Waals surface area contributed by atoms with Crippen molar-refractivity contribution in [1.29, 1.82) is 0 Å². The maximum Gasteiger partial charge on any atom is 0.118 e. The molecule has 2 heterocycles. The minimum Gasteiger partial charge on any atom is -0.468 e. The van der Waals surface area contributed by atoms with Gasteiger partial charge >= 0.3 is 0 Å². The van der Waals surface area contributed by atoms with E-state index in [4.69, 9.17) is 10.2 Å². The summed E-state index contributed by atoms with van der Waals surface area (Å²) in [5, 5.41) is 0.971. The van der Waals surface area contributed by atoms with Gasteiger partial charge in [-0.15, -0.1) is 0 Å². The Balaban J connectivity index is 2.16. The average Bonchev–Trinajstić information content (AvgIpc) is 2.80. The van der Waals surface area contributed by atoms with Crippen molar-refractivity contribution in [2.24, 2.45) is 5.73 Å². The molecular weight excluding hydrogens is 222 g/mol. The van der Waals surface area contributed by atoms with Gasteiger partial charge in [0.25, 0.3) is 0 Å². The first-order chi connectivity index (χ1) is 7.77. The van der Waals surface area contributed by atoms with Crippen LogP contribution in [0.4, 0.5) is 0 Å². The minimum absolute atomic E-state index is 0.00823. The molecule has 2 unspecified atom stereocenters. The Morgan fingerprint density at radius 2 is 2.31 bits per heavy atom. The lowest BCUT2D eigenvalue weighted by Gasteiger charge is -2.17. The van der Waals surface area contributed by atoms with Gasteiger partial charge in [-0.1, -0.05) is 11.8 Å². The molecule has 5 heteroatoms. The number of nitrogens with two attached hydrogens (primary N) is 1. The van der Waals surface area contributed by atoms with Gasteiger partial charge in [0.05, 0.1) is 11.5 Å². The van der Waals surface area contributed by atoms with E-state index in [0.29, 0.717) is 0 Å². The quantitative estimate of drug-likeness (QED) is 0.650. The fourth-order valence-electron chi connectivity index (χ4n) is 1.36. The number of rotatable bonds is 4. The Morgan fingerprint density at radius 1 is 1.44 bits per heavy atom. The van der Waals surface area contributed by atoms with Crippen molar-refractivity contribution in [2.45, 2.75) is 23.2 Å². The first-order valence-corrected chi connectivity index (χ1v) is 5.87. The van der Waals surface area contributed by atoms with Gasteiger partial charge in [-0.05, 0) is 25.1 Å². The molecule has 2 N–H and O–H groups in total. The molecule has 0 radical (unpaired) electrons. The summed E-state index contributed by atoms with van der Waals surface area (Å²) >= 11 is 1.58. The van der Waals surface area contributed by atoms with Crippen molar-refractivity contribution in [2.75, 3.05) is 0 Å². The smallest absolute Gasteiger partial charge is 0.118 e. The first kappa shape index (κ1) is 11.2. The van der Waals surface area contributed by atoms with E-state index in [1.165, 1.54) is 6.33 Å². The number of hydrogen-bond acceptors (Lipinski definition) is 5. The summed E-state index contributed by atoms with van der Waals surface area (Å²) in [5.74, 6) is 0.874. The van der Waals surface area contributed by atoms with Crippen LogP contribution in [0, 0.1) is 0 Å². The van der Waals surface area contributed by atoms with E-state index in [9.17, 15) is 0 Å². The SMILES string of the molecule is CC(N)C(Sc1ccncn1)c1ccco1. The van der Waals surface area contributed by atoms with Crippen LogP contribution in [-0.2, 0) is 0 Å². The summed E-state index contributed by atoms with van der Waals surface area (Å²) < 4.78 is 5.38. The topological polar surface area (TPSA) is 64.9 Å². The highest BCUT2D eigenvalue weighted by molar-refractivity contribution is 7.99. The van der Waals surface area contributed by atoms with E-state index < -0.39 is 0 Å². The third-order valence-electron chi connectivity index (χ3n) is 2.10. The third-order valence-corrected chi connectivity index (χ3v) is 3.50. The number of thioether (sulfide) groups is 1. The highest BCUT2D eigenvalue weighted by atomic mass is 32.2. The lowest BCUT2D eigenvalue weighted by molar-refractivity contribution is 0.486. The third kappa shape index (κ3) is 2.62. The number of hydrogen-bond donors (Lipinski definition) is 1. The van der Waals surface area contributed by atoms with Crippen LogP contribution < -0.4 is 5.73 Å². The molecule has 0 spiro atoms. The largest absolute Gasteiger partial charge is 0.468 e. The molecule has 0 aromatic carbocycles. The van der Waals surface area contributed by atoms with Gasteiger partial charge in [-0.2, -0.15) is 0 Å². The summed E-state index contributed by atoms with van der Waals surface area (Å²) in [6, 6.07) is 5.65. The van der Waals surface area contributed by atoms with Gasteiger partial charge in [0.15, 0.2) is 0 Å². The maximum atomic E-state index is 5.95. The van der Waals surface area contributed by atoms with E-state index in [-0.39, 0.29) is 11.3 Å². The lowest BCUT2D eigenvalue weighted by atomic mass is 10.2. The van der Waals surface area contributed by atoms with Gasteiger partial charge in [0, 0.05) is 12.2 Å². The van der Waals surface area contributed by atoms with Crippen molar-refractivity contribution >= 4 is 11.8 Å². The Labute approximate surface area is 98.3 Å². The summed E-state index contributed by atoms with van der Waals surface area (Å²) in [7, 11) is 0. The summed E-state index contributed by atoms with van der Waals surface area (Å²) in [6.45, 7) is 1.96. The molecule has 0 aliphatic rings. The second-order valence-electron chi connectivity index (χ2n) is 3.46. The van der Waals surface area contributed by atoms with E-state index in [1.54, 1.807) is 24.2 Å². The van der Waals surface area contributed by atoms with Crippen molar-refractivity contribution in [3.63, 3.8) is 0 Å². The summed E-state index contributed by atoms with van der Waals surface area (Å²) in [5.41, 5.74) is 5.95. The van der Waals surface area contributed by atoms with Crippen molar-refractivity contribution in [3.05, 3.63) is 42.7 Å². The molecule has 84 valence electrons. The standard InChI is InChI=1S/C11H13N3OS/c1-8(12)11(9-3-2-6-15-9)16-10-4-5-13-7-14-10/h2-8,11H,12H2,1H3. The van der Waals surface area contributed by atoms with Crippen molar-refractivity contribution in [3.8, 4) is 0 Å². The molecule has 2 atom stereocenters. The molecule has 4 nitrogen and oxygen atoms in total. The number of furan rings is 1. The molecule has 0 bridgehead atoms. The van der Waals surface area contributed by atoms with Gasteiger partial charge in [0.2, 0.25) is 0 Å². The van der Waals surface area contributed by atoms with Crippen LogP contribution in [0.25, 0.3) is 0 Å². The fraction of sp³-hybridized carbons (Fsp3) is 0.273. The van der Waals surface area contributed by atoms with Gasteiger partial charge < -0.3 is 10.2 Å². The predicted octanol–water partition coefficient (Wildman–Crippen LogP) is 2.25. The Bertz CT molecular complexity index is 416. The van der Waals surface area contributed by atoms with Crippen LogP contribution in [0.3, 0.4) is 0 Å². The second-order valence-corrected chi connectivity index (χ2v) is 4.62. The molecule has 0 saturated carbocycles. The van der Waals surface area contributed by atoms with Crippen molar-refractivity contribution < 1.29 is 4.42 Å². The lowest BCUT2D eigenvalue weighted by Crippen LogP contribution is -2.22. The predicted molar refractivity (Wildman–Crippen MR) is 63.0 cm³/mol. The van der Waals surface area contributed by atoms with E-state index in [1.807, 2.05) is 25.1 Å². The zero-order valence-corrected chi connectivity index (χ0v) is 9.72. The Morgan fingerprint density at radius 3 is 2.88 bits per heavy atom. The summed E-state index contributed by atoms with van der Waals surface area (Å²) in [6.07, 6.45) is 4.91. The molecule has 2 aromatic heterocycles. The van der Waals surface area contributed by atoms with E-state index in [2.05, 4.69) is 9.97 Å². The normalized spacial score (nSPS) is 14.6. The molecule has 0 aliphatic heterocycles. The Hall–Kier alpha value is -1.33. The molecule has 0 amide bonds. The summed E-state index contributed by atoms with van der Waals surface area (Å²) in [4.78, 5) is 8.05. The molecular formula is C11H13N3OS. The molecule has 0 aliphatic carbocycles. The monoisotopic (exact) mass is 235 g/mol. The zero-order valence-electron chi connectivity index (χ0n) is 8.91. The molecule has 0 saturated heterocycles. The van der Waals surface area contributed by atoms with Crippen LogP contribution in [0.5, 0.6) is 0 Å². The number of nitrogens with zero attached hydrogens (tertiary/aromatic N) is 2. The van der Waals surface area contributed by atoms with Crippen LogP contribution in [0.1, 0.15) is 17.9 Å². The average molecular weight is 235 g/mol. The molecule has 2 aromatic rings. The maximum absolute atomic E-state index is 5.95. The second kappa shape index (κ2) is 5.14. The first-order valence-electron chi connectivity index (χ1n) is 4.99. The van der Waals surface area contributed by atoms with E-state index >= 15 is 0 Å². The van der Waals surface area contributed by atoms with Crippen LogP contribution >= 0.6 is 11.8 Å². The van der Waals surface area contributed by atoms with E-state index in [0.717, 1.165) is 10.8 Å². The molecule has 0 fully saturated rings. The zero-order chi connectivity index (χ0) is 11.4. The van der Waals surface area contributed by atoms with Crippen LogP contribution in [-0.4, -0.2) is 16.0 Å².